The van der Waals surface area contributed by atoms with Crippen LogP contribution in [0.15, 0.2) is 36.5 Å². The van der Waals surface area contributed by atoms with Gasteiger partial charge in [-0.1, -0.05) is 25.1 Å². The van der Waals surface area contributed by atoms with E-state index >= 15 is 0 Å². The summed E-state index contributed by atoms with van der Waals surface area (Å²) in [5.41, 5.74) is 1.23. The Kier molecular flexibility index (Phi) is 4.63. The molecule has 2 heterocycles. The van der Waals surface area contributed by atoms with Gasteiger partial charge in [-0.2, -0.15) is 5.10 Å². The Hall–Kier alpha value is -2.01. The molecule has 118 valence electrons. The topological polar surface area (TPSA) is 51.1 Å². The van der Waals surface area contributed by atoms with Crippen LogP contribution >= 0.6 is 0 Å². The third kappa shape index (κ3) is 3.09. The highest BCUT2D eigenvalue weighted by atomic mass is 16.5. The van der Waals surface area contributed by atoms with Crippen molar-refractivity contribution in [3.8, 4) is 5.75 Å². The number of hydrogen-bond acceptors (Lipinski definition) is 4. The number of nitrogens with zero attached hydrogens (tertiary/aromatic N) is 2. The molecule has 0 saturated heterocycles. The number of methoxy groups -OCH3 is 1. The Morgan fingerprint density at radius 1 is 1.41 bits per heavy atom. The first kappa shape index (κ1) is 14.9. The first-order valence-corrected chi connectivity index (χ1v) is 7.93. The smallest absolute Gasteiger partial charge is 0.124 e. The van der Waals surface area contributed by atoms with Crippen LogP contribution in [-0.2, 0) is 6.54 Å². The van der Waals surface area contributed by atoms with Crippen molar-refractivity contribution in [3.63, 3.8) is 0 Å². The van der Waals surface area contributed by atoms with Gasteiger partial charge in [0, 0.05) is 43.2 Å². The summed E-state index contributed by atoms with van der Waals surface area (Å²) < 4.78 is 7.53. The van der Waals surface area contributed by atoms with Crippen LogP contribution in [0.2, 0.25) is 0 Å². The number of benzene rings is 1. The number of hydrogen-bond donors (Lipinski definition) is 2. The zero-order valence-corrected chi connectivity index (χ0v) is 13.2. The normalized spacial score (nSPS) is 18.4. The van der Waals surface area contributed by atoms with Gasteiger partial charge in [-0.05, 0) is 12.5 Å². The third-order valence-electron chi connectivity index (χ3n) is 4.30. The largest absolute Gasteiger partial charge is 0.496 e. The summed E-state index contributed by atoms with van der Waals surface area (Å²) in [5, 5.41) is 11.5. The molecule has 2 aromatic rings. The van der Waals surface area contributed by atoms with E-state index in [2.05, 4.69) is 34.8 Å². The van der Waals surface area contributed by atoms with E-state index in [1.165, 1.54) is 5.56 Å². The van der Waals surface area contributed by atoms with E-state index < -0.39 is 0 Å². The van der Waals surface area contributed by atoms with Crippen LogP contribution in [0.1, 0.15) is 24.9 Å². The monoisotopic (exact) mass is 300 g/mol. The minimum absolute atomic E-state index is 0.315. The van der Waals surface area contributed by atoms with Crippen molar-refractivity contribution < 1.29 is 4.74 Å². The molecule has 0 fully saturated rings. The average Bonchev–Trinajstić information content (AvgIpc) is 3.03. The molecule has 3 rings (SSSR count). The molecule has 5 nitrogen and oxygen atoms in total. The Morgan fingerprint density at radius 3 is 3.09 bits per heavy atom. The van der Waals surface area contributed by atoms with Gasteiger partial charge in [0.05, 0.1) is 13.3 Å². The van der Waals surface area contributed by atoms with Gasteiger partial charge in [0.2, 0.25) is 0 Å². The van der Waals surface area contributed by atoms with Crippen LogP contribution in [0.25, 0.3) is 0 Å². The molecular formula is C17H24N4O. The van der Waals surface area contributed by atoms with Gasteiger partial charge < -0.3 is 15.4 Å². The lowest BCUT2D eigenvalue weighted by molar-refractivity contribution is 0.357. The summed E-state index contributed by atoms with van der Waals surface area (Å²) in [6.45, 7) is 5.11. The Balaban J connectivity index is 1.62. The summed E-state index contributed by atoms with van der Waals surface area (Å²) in [6.07, 6.45) is 2.88. The molecule has 1 aromatic carbocycles. The number of rotatable bonds is 6. The average molecular weight is 300 g/mol. The zero-order valence-electron chi connectivity index (χ0n) is 13.2. The Morgan fingerprint density at radius 2 is 2.27 bits per heavy atom. The lowest BCUT2D eigenvalue weighted by Crippen LogP contribution is -2.36. The van der Waals surface area contributed by atoms with E-state index in [0.717, 1.165) is 37.6 Å². The first-order valence-electron chi connectivity index (χ1n) is 7.93. The number of para-hydroxylation sites is 1. The van der Waals surface area contributed by atoms with Crippen molar-refractivity contribution in [2.75, 3.05) is 25.5 Å². The summed E-state index contributed by atoms with van der Waals surface area (Å²) in [4.78, 5) is 0. The molecule has 0 saturated carbocycles. The van der Waals surface area contributed by atoms with Gasteiger partial charge in [-0.25, -0.2) is 4.68 Å². The summed E-state index contributed by atoms with van der Waals surface area (Å²) >= 11 is 0. The highest BCUT2D eigenvalue weighted by Crippen LogP contribution is 2.27. The molecule has 2 unspecified atom stereocenters. The van der Waals surface area contributed by atoms with Gasteiger partial charge in [-0.3, -0.25) is 0 Å². The number of ether oxygens (including phenoxy) is 1. The van der Waals surface area contributed by atoms with Crippen LogP contribution in [0.4, 0.5) is 5.82 Å². The van der Waals surface area contributed by atoms with E-state index in [0.29, 0.717) is 12.0 Å². The molecule has 1 aliphatic heterocycles. The van der Waals surface area contributed by atoms with E-state index in [1.807, 2.05) is 29.1 Å². The van der Waals surface area contributed by atoms with Gasteiger partial charge in [0.25, 0.3) is 0 Å². The van der Waals surface area contributed by atoms with Gasteiger partial charge in [0.15, 0.2) is 0 Å². The van der Waals surface area contributed by atoms with Crippen molar-refractivity contribution in [1.29, 1.82) is 0 Å². The minimum Gasteiger partial charge on any atom is -0.496 e. The van der Waals surface area contributed by atoms with Crippen LogP contribution < -0.4 is 15.4 Å². The maximum Gasteiger partial charge on any atom is 0.124 e. The zero-order chi connectivity index (χ0) is 15.4. The highest BCUT2D eigenvalue weighted by molar-refractivity contribution is 5.36. The maximum atomic E-state index is 5.49. The highest BCUT2D eigenvalue weighted by Gasteiger charge is 2.20. The fourth-order valence-corrected chi connectivity index (χ4v) is 3.06. The molecule has 22 heavy (non-hydrogen) atoms. The van der Waals surface area contributed by atoms with Gasteiger partial charge in [0.1, 0.15) is 11.6 Å². The summed E-state index contributed by atoms with van der Waals surface area (Å²) in [7, 11) is 1.73. The van der Waals surface area contributed by atoms with Crippen LogP contribution in [-0.4, -0.2) is 30.0 Å². The standard InChI is InChI=1S/C17H24N4O/c1-3-15(14-6-4-5-7-16(14)22-2)18-10-13-11-19-17-8-9-20-21(17)12-13/h4-9,13,15,18-19H,3,10-12H2,1-2H3. The molecule has 2 atom stereocenters. The van der Waals surface area contributed by atoms with Crippen molar-refractivity contribution in [1.82, 2.24) is 15.1 Å². The Bertz CT molecular complexity index is 610. The van der Waals surface area contributed by atoms with Crippen LogP contribution in [0.5, 0.6) is 5.75 Å². The molecule has 0 bridgehead atoms. The van der Waals surface area contributed by atoms with Crippen molar-refractivity contribution in [2.45, 2.75) is 25.9 Å². The second-order valence-electron chi connectivity index (χ2n) is 5.76. The molecule has 2 N–H and O–H groups in total. The molecule has 0 amide bonds. The summed E-state index contributed by atoms with van der Waals surface area (Å²) in [6, 6.07) is 10.6. The molecule has 0 spiro atoms. The van der Waals surface area contributed by atoms with Gasteiger partial charge in [-0.15, -0.1) is 0 Å². The lowest BCUT2D eigenvalue weighted by Gasteiger charge is -2.27. The maximum absolute atomic E-state index is 5.49. The SMILES string of the molecule is CCC(NCC1CNc2ccnn2C1)c1ccccc1OC. The summed E-state index contributed by atoms with van der Waals surface area (Å²) in [5.74, 6) is 2.61. The number of nitrogens with one attached hydrogen (secondary N) is 2. The third-order valence-corrected chi connectivity index (χ3v) is 4.30. The second kappa shape index (κ2) is 6.83. The minimum atomic E-state index is 0.315. The van der Waals surface area contributed by atoms with Crippen LogP contribution in [0.3, 0.4) is 0 Å². The second-order valence-corrected chi connectivity index (χ2v) is 5.76. The molecular weight excluding hydrogens is 276 g/mol. The van der Waals surface area contributed by atoms with Crippen LogP contribution in [0, 0.1) is 5.92 Å². The molecule has 1 aromatic heterocycles. The van der Waals surface area contributed by atoms with Crippen molar-refractivity contribution >= 4 is 5.82 Å². The number of aromatic nitrogens is 2. The van der Waals surface area contributed by atoms with Crippen molar-refractivity contribution in [3.05, 3.63) is 42.1 Å². The first-order chi connectivity index (χ1) is 10.8. The number of anilines is 1. The predicted octanol–water partition coefficient (Wildman–Crippen LogP) is 2.67. The molecule has 0 aliphatic carbocycles. The van der Waals surface area contributed by atoms with E-state index in [4.69, 9.17) is 4.74 Å². The lowest BCUT2D eigenvalue weighted by atomic mass is 10.0. The molecule has 5 heteroatoms. The fraction of sp³-hybridized carbons (Fsp3) is 0.471. The predicted molar refractivity (Wildman–Crippen MR) is 88.2 cm³/mol. The quantitative estimate of drug-likeness (QED) is 0.861. The van der Waals surface area contributed by atoms with Crippen molar-refractivity contribution in [2.24, 2.45) is 5.92 Å². The molecule has 0 radical (unpaired) electrons. The van der Waals surface area contributed by atoms with E-state index in [9.17, 15) is 0 Å². The van der Waals surface area contributed by atoms with Gasteiger partial charge >= 0.3 is 0 Å². The fourth-order valence-electron chi connectivity index (χ4n) is 3.06. The number of fused-ring (bicyclic) bond motifs is 1. The van der Waals surface area contributed by atoms with E-state index in [-0.39, 0.29) is 0 Å². The Labute approximate surface area is 131 Å². The van der Waals surface area contributed by atoms with E-state index in [1.54, 1.807) is 7.11 Å². The molecule has 1 aliphatic rings.